The summed E-state index contributed by atoms with van der Waals surface area (Å²) in [6, 6.07) is 8.49. The van der Waals surface area contributed by atoms with Gasteiger partial charge in [0.25, 0.3) is 0 Å². The molecule has 2 aliphatic heterocycles. The Hall–Kier alpha value is -1.06. The molecule has 3 nitrogen and oxygen atoms in total. The Balaban J connectivity index is 2.08. The van der Waals surface area contributed by atoms with Gasteiger partial charge in [0, 0.05) is 24.7 Å². The summed E-state index contributed by atoms with van der Waals surface area (Å²) in [5.74, 6) is 0. The molecule has 2 heterocycles. The molecule has 0 aromatic heterocycles. The maximum absolute atomic E-state index is 9.85. The molecular weight excluding hydrogens is 190 g/mol. The number of para-hydroxylation sites is 1. The van der Waals surface area contributed by atoms with Crippen molar-refractivity contribution in [3.8, 4) is 0 Å². The molecule has 1 fully saturated rings. The van der Waals surface area contributed by atoms with Gasteiger partial charge in [0.05, 0.1) is 24.9 Å². The zero-order valence-electron chi connectivity index (χ0n) is 8.76. The molecule has 3 atom stereocenters. The van der Waals surface area contributed by atoms with Crippen LogP contribution >= 0.6 is 0 Å². The van der Waals surface area contributed by atoms with Crippen molar-refractivity contribution in [2.24, 2.45) is 0 Å². The third kappa shape index (κ3) is 1.27. The van der Waals surface area contributed by atoms with Crippen LogP contribution in [-0.2, 0) is 4.74 Å². The van der Waals surface area contributed by atoms with Gasteiger partial charge in [0.2, 0.25) is 0 Å². The molecule has 0 spiro atoms. The van der Waals surface area contributed by atoms with Gasteiger partial charge < -0.3 is 14.7 Å². The standard InChI is InChI=1S/C12H15NO2/c1-13-9-5-3-2-4-8(9)12-6-10(13)11(14)7-15-12/h2-5,10-12,14H,6-7H2,1H3/t10-,11+,12-/m1/s1. The first-order valence-electron chi connectivity index (χ1n) is 5.39. The van der Waals surface area contributed by atoms with Gasteiger partial charge in [0.15, 0.2) is 0 Å². The lowest BCUT2D eigenvalue weighted by atomic mass is 9.89. The van der Waals surface area contributed by atoms with Crippen LogP contribution in [0.15, 0.2) is 24.3 Å². The van der Waals surface area contributed by atoms with E-state index in [1.807, 2.05) is 19.2 Å². The average Bonchev–Trinajstić information content (AvgIpc) is 2.28. The van der Waals surface area contributed by atoms with Crippen LogP contribution in [0.1, 0.15) is 18.1 Å². The van der Waals surface area contributed by atoms with E-state index in [1.54, 1.807) is 0 Å². The van der Waals surface area contributed by atoms with Gasteiger partial charge in [-0.15, -0.1) is 0 Å². The smallest absolute Gasteiger partial charge is 0.0977 e. The normalized spacial score (nSPS) is 33.7. The molecule has 2 aliphatic rings. The van der Waals surface area contributed by atoms with E-state index < -0.39 is 0 Å². The maximum Gasteiger partial charge on any atom is 0.0977 e. The third-order valence-corrected chi connectivity index (χ3v) is 3.53. The minimum atomic E-state index is -0.361. The monoisotopic (exact) mass is 205 g/mol. The second-order valence-corrected chi connectivity index (χ2v) is 4.36. The second-order valence-electron chi connectivity index (χ2n) is 4.36. The summed E-state index contributed by atoms with van der Waals surface area (Å²) >= 11 is 0. The van der Waals surface area contributed by atoms with Crippen molar-refractivity contribution in [1.82, 2.24) is 0 Å². The molecule has 1 N–H and O–H groups in total. The molecule has 0 saturated carbocycles. The zero-order valence-corrected chi connectivity index (χ0v) is 8.76. The average molecular weight is 205 g/mol. The molecule has 15 heavy (non-hydrogen) atoms. The lowest BCUT2D eigenvalue weighted by molar-refractivity contribution is -0.0731. The fourth-order valence-electron chi connectivity index (χ4n) is 2.66. The van der Waals surface area contributed by atoms with Crippen molar-refractivity contribution in [2.45, 2.75) is 24.7 Å². The summed E-state index contributed by atoms with van der Waals surface area (Å²) in [5.41, 5.74) is 2.45. The summed E-state index contributed by atoms with van der Waals surface area (Å²) in [6.07, 6.45) is 0.708. The Labute approximate surface area is 89.3 Å². The van der Waals surface area contributed by atoms with Gasteiger partial charge in [0.1, 0.15) is 0 Å². The predicted octanol–water partition coefficient (Wildman–Crippen LogP) is 1.33. The number of likely N-dealkylation sites (N-methyl/N-ethyl adjacent to an activating group) is 1. The molecule has 0 radical (unpaired) electrons. The van der Waals surface area contributed by atoms with Crippen molar-refractivity contribution in [3.63, 3.8) is 0 Å². The van der Waals surface area contributed by atoms with Crippen LogP contribution in [0.25, 0.3) is 0 Å². The topological polar surface area (TPSA) is 32.7 Å². The number of rotatable bonds is 0. The molecular formula is C12H15NO2. The fourth-order valence-corrected chi connectivity index (χ4v) is 2.66. The van der Waals surface area contributed by atoms with Gasteiger partial charge in [-0.05, 0) is 6.07 Å². The molecule has 80 valence electrons. The first kappa shape index (κ1) is 9.19. The Bertz CT molecular complexity index is 380. The number of benzene rings is 1. The van der Waals surface area contributed by atoms with Gasteiger partial charge in [-0.3, -0.25) is 0 Å². The minimum absolute atomic E-state index is 0.172. The van der Waals surface area contributed by atoms with Crippen LogP contribution < -0.4 is 4.90 Å². The van der Waals surface area contributed by atoms with E-state index in [1.165, 1.54) is 11.3 Å². The Kier molecular flexibility index (Phi) is 1.97. The molecule has 1 saturated heterocycles. The van der Waals surface area contributed by atoms with Crippen molar-refractivity contribution >= 4 is 5.69 Å². The Morgan fingerprint density at radius 1 is 1.40 bits per heavy atom. The second kappa shape index (κ2) is 3.22. The molecule has 1 aromatic carbocycles. The Morgan fingerprint density at radius 3 is 3.07 bits per heavy atom. The summed E-state index contributed by atoms with van der Waals surface area (Å²) < 4.78 is 5.66. The van der Waals surface area contributed by atoms with E-state index in [4.69, 9.17) is 4.74 Å². The van der Waals surface area contributed by atoms with Crippen molar-refractivity contribution in [2.75, 3.05) is 18.6 Å². The number of hydrogen-bond donors (Lipinski definition) is 1. The molecule has 2 bridgehead atoms. The third-order valence-electron chi connectivity index (χ3n) is 3.53. The summed E-state index contributed by atoms with van der Waals surface area (Å²) in [4.78, 5) is 2.18. The van der Waals surface area contributed by atoms with Crippen molar-refractivity contribution in [3.05, 3.63) is 29.8 Å². The van der Waals surface area contributed by atoms with Gasteiger partial charge in [-0.1, -0.05) is 18.2 Å². The highest BCUT2D eigenvalue weighted by molar-refractivity contribution is 5.57. The number of aliphatic hydroxyl groups excluding tert-OH is 1. The van der Waals surface area contributed by atoms with E-state index in [-0.39, 0.29) is 18.2 Å². The first-order chi connectivity index (χ1) is 7.27. The SMILES string of the molecule is CN1c2ccccc2[C@H]2C[C@@H]1[C@@H](O)CO2. The van der Waals surface area contributed by atoms with Gasteiger partial charge in [-0.25, -0.2) is 0 Å². The molecule has 0 aliphatic carbocycles. The molecule has 0 amide bonds. The number of aliphatic hydroxyl groups is 1. The lowest BCUT2D eigenvalue weighted by Crippen LogP contribution is -2.51. The van der Waals surface area contributed by atoms with Crippen LogP contribution in [0.4, 0.5) is 5.69 Å². The number of fused-ring (bicyclic) bond motifs is 4. The van der Waals surface area contributed by atoms with E-state index in [0.717, 1.165) is 6.42 Å². The fraction of sp³-hybridized carbons (Fsp3) is 0.500. The highest BCUT2D eigenvalue weighted by Crippen LogP contribution is 2.41. The van der Waals surface area contributed by atoms with Crippen LogP contribution in [0.5, 0.6) is 0 Å². The van der Waals surface area contributed by atoms with E-state index in [9.17, 15) is 5.11 Å². The largest absolute Gasteiger partial charge is 0.389 e. The molecule has 0 unspecified atom stereocenters. The quantitative estimate of drug-likeness (QED) is 0.693. The number of hydrogen-bond acceptors (Lipinski definition) is 3. The zero-order chi connectivity index (χ0) is 10.4. The van der Waals surface area contributed by atoms with Crippen molar-refractivity contribution in [1.29, 1.82) is 0 Å². The first-order valence-corrected chi connectivity index (χ1v) is 5.39. The summed E-state index contributed by atoms with van der Waals surface area (Å²) in [7, 11) is 2.05. The van der Waals surface area contributed by atoms with E-state index in [2.05, 4.69) is 17.0 Å². The van der Waals surface area contributed by atoms with Crippen LogP contribution in [0.3, 0.4) is 0 Å². The number of anilines is 1. The predicted molar refractivity (Wildman–Crippen MR) is 57.9 cm³/mol. The summed E-state index contributed by atoms with van der Waals surface area (Å²) in [5, 5.41) is 9.85. The molecule has 3 rings (SSSR count). The highest BCUT2D eigenvalue weighted by atomic mass is 16.5. The molecule has 3 heteroatoms. The lowest BCUT2D eigenvalue weighted by Gasteiger charge is -2.45. The van der Waals surface area contributed by atoms with Crippen LogP contribution in [0.2, 0.25) is 0 Å². The number of ether oxygens (including phenoxy) is 1. The van der Waals surface area contributed by atoms with Gasteiger partial charge >= 0.3 is 0 Å². The maximum atomic E-state index is 9.85. The highest BCUT2D eigenvalue weighted by Gasteiger charge is 2.39. The van der Waals surface area contributed by atoms with Crippen molar-refractivity contribution < 1.29 is 9.84 Å². The van der Waals surface area contributed by atoms with Gasteiger partial charge in [-0.2, -0.15) is 0 Å². The van der Waals surface area contributed by atoms with E-state index >= 15 is 0 Å². The molecule has 1 aromatic rings. The van der Waals surface area contributed by atoms with E-state index in [0.29, 0.717) is 6.61 Å². The Morgan fingerprint density at radius 2 is 2.20 bits per heavy atom. The van der Waals surface area contributed by atoms with Crippen LogP contribution in [0, 0.1) is 0 Å². The number of nitrogens with zero attached hydrogens (tertiary/aromatic N) is 1. The van der Waals surface area contributed by atoms with Crippen LogP contribution in [-0.4, -0.2) is 30.9 Å². The minimum Gasteiger partial charge on any atom is -0.389 e. The summed E-state index contributed by atoms with van der Waals surface area (Å²) in [6.45, 7) is 0.452.